The molecular weight excluding hydrogens is 445 g/mol. The van der Waals surface area contributed by atoms with Crippen LogP contribution in [0, 0.1) is 0 Å². The van der Waals surface area contributed by atoms with Gasteiger partial charge in [0.25, 0.3) is 5.91 Å². The zero-order valence-corrected chi connectivity index (χ0v) is 17.4. The molecule has 0 aromatic heterocycles. The van der Waals surface area contributed by atoms with E-state index in [2.05, 4.69) is 10.6 Å². The number of fused-ring (bicyclic) bond motifs is 1. The minimum atomic E-state index is -4.48. The van der Waals surface area contributed by atoms with Gasteiger partial charge in [0.1, 0.15) is 18.0 Å². The van der Waals surface area contributed by atoms with Gasteiger partial charge >= 0.3 is 12.3 Å². The second-order valence-electron chi connectivity index (χ2n) is 7.55. The summed E-state index contributed by atoms with van der Waals surface area (Å²) >= 11 is 0. The molecule has 0 aliphatic carbocycles. The molecule has 176 valence electrons. The van der Waals surface area contributed by atoms with Crippen molar-refractivity contribution in [1.29, 1.82) is 0 Å². The third-order valence-corrected chi connectivity index (χ3v) is 5.39. The van der Waals surface area contributed by atoms with Crippen molar-refractivity contribution in [2.75, 3.05) is 25.6 Å². The fraction of sp³-hybridized carbons (Fsp3) is 0.364. The number of carbonyl (C=O) groups excluding carboxylic acids is 2. The Balaban J connectivity index is 1.30. The van der Waals surface area contributed by atoms with Crippen molar-refractivity contribution in [2.45, 2.75) is 30.5 Å². The van der Waals surface area contributed by atoms with Crippen molar-refractivity contribution in [1.82, 2.24) is 5.32 Å². The smallest absolute Gasteiger partial charge is 0.416 e. The van der Waals surface area contributed by atoms with Gasteiger partial charge in [-0.05, 0) is 48.5 Å². The van der Waals surface area contributed by atoms with E-state index in [9.17, 15) is 22.8 Å². The van der Waals surface area contributed by atoms with E-state index >= 15 is 0 Å². The van der Waals surface area contributed by atoms with Crippen LogP contribution in [-0.4, -0.2) is 56.7 Å². The molecule has 2 aliphatic rings. The number of amides is 2. The summed E-state index contributed by atoms with van der Waals surface area (Å²) in [5.41, 5.74) is -0.239. The molecule has 11 heteroatoms. The summed E-state index contributed by atoms with van der Waals surface area (Å²) in [5, 5.41) is 5.31. The first-order valence-electron chi connectivity index (χ1n) is 10.1. The molecule has 2 heterocycles. The van der Waals surface area contributed by atoms with Gasteiger partial charge in [0.15, 0.2) is 6.10 Å². The first-order chi connectivity index (χ1) is 15.7. The van der Waals surface area contributed by atoms with Crippen LogP contribution in [0.5, 0.6) is 5.75 Å². The summed E-state index contributed by atoms with van der Waals surface area (Å²) in [6.07, 6.45) is -6.98. The number of hydrogen-bond donors (Lipinski definition) is 2. The highest BCUT2D eigenvalue weighted by Gasteiger charge is 2.50. The third-order valence-electron chi connectivity index (χ3n) is 5.39. The molecule has 4 rings (SSSR count). The van der Waals surface area contributed by atoms with Crippen LogP contribution in [0.1, 0.15) is 15.9 Å². The lowest BCUT2D eigenvalue weighted by Crippen LogP contribution is -2.44. The van der Waals surface area contributed by atoms with Gasteiger partial charge in [-0.3, -0.25) is 10.1 Å². The standard InChI is InChI=1S/C22H21F3N2O6/c1-30-15-8-6-14(7-9-15)26-21(29)33-17-11-32-18-16(10-31-19(17)18)27-20(28)12-2-4-13(5-3-12)22(23,24)25/h2-9,16-19H,10-11H2,1H3,(H,26,29)(H,27,28)/t16-,17-,18-,19+/m0/s1. The van der Waals surface area contributed by atoms with Crippen LogP contribution in [0.3, 0.4) is 0 Å². The maximum Gasteiger partial charge on any atom is 0.416 e. The highest BCUT2D eigenvalue weighted by molar-refractivity contribution is 5.94. The number of nitrogens with one attached hydrogen (secondary N) is 2. The summed E-state index contributed by atoms with van der Waals surface area (Å²) in [4.78, 5) is 24.7. The molecule has 2 aromatic carbocycles. The zero-order chi connectivity index (χ0) is 23.6. The normalized spacial score (nSPS) is 24.1. The molecular formula is C22H21F3N2O6. The van der Waals surface area contributed by atoms with E-state index in [1.165, 1.54) is 7.11 Å². The second kappa shape index (κ2) is 9.28. The van der Waals surface area contributed by atoms with Crippen LogP contribution in [0.15, 0.2) is 48.5 Å². The van der Waals surface area contributed by atoms with Crippen molar-refractivity contribution >= 4 is 17.7 Å². The number of carbonyl (C=O) groups is 2. The molecule has 2 amide bonds. The Kier molecular flexibility index (Phi) is 6.43. The maximum atomic E-state index is 12.7. The Hall–Kier alpha value is -3.31. The number of halogens is 3. The van der Waals surface area contributed by atoms with Crippen LogP contribution < -0.4 is 15.4 Å². The molecule has 33 heavy (non-hydrogen) atoms. The molecule has 0 radical (unpaired) electrons. The largest absolute Gasteiger partial charge is 0.497 e. The quantitative estimate of drug-likeness (QED) is 0.703. The molecule has 0 unspecified atom stereocenters. The van der Waals surface area contributed by atoms with E-state index in [-0.39, 0.29) is 18.8 Å². The number of hydrogen-bond acceptors (Lipinski definition) is 6. The van der Waals surface area contributed by atoms with E-state index in [1.807, 2.05) is 0 Å². The van der Waals surface area contributed by atoms with Gasteiger partial charge in [-0.25, -0.2) is 4.79 Å². The predicted octanol–water partition coefficient (Wildman–Crippen LogP) is 3.23. The lowest BCUT2D eigenvalue weighted by atomic mass is 10.1. The van der Waals surface area contributed by atoms with E-state index in [1.54, 1.807) is 24.3 Å². The number of ether oxygens (including phenoxy) is 4. The molecule has 0 saturated carbocycles. The summed E-state index contributed by atoms with van der Waals surface area (Å²) in [6.45, 7) is 0.194. The van der Waals surface area contributed by atoms with Crippen LogP contribution in [0.25, 0.3) is 0 Å². The van der Waals surface area contributed by atoms with Crippen LogP contribution in [0.4, 0.5) is 23.7 Å². The lowest BCUT2D eigenvalue weighted by molar-refractivity contribution is -0.137. The molecule has 2 aromatic rings. The number of anilines is 1. The van der Waals surface area contributed by atoms with Crippen LogP contribution in [0.2, 0.25) is 0 Å². The predicted molar refractivity (Wildman–Crippen MR) is 109 cm³/mol. The van der Waals surface area contributed by atoms with Gasteiger partial charge < -0.3 is 24.3 Å². The Morgan fingerprint density at radius 2 is 1.64 bits per heavy atom. The summed E-state index contributed by atoms with van der Waals surface area (Å²) < 4.78 is 59.9. The van der Waals surface area contributed by atoms with Crippen molar-refractivity contribution in [3.8, 4) is 5.75 Å². The second-order valence-corrected chi connectivity index (χ2v) is 7.55. The Labute approximate surface area is 186 Å². The zero-order valence-electron chi connectivity index (χ0n) is 17.4. The number of methoxy groups -OCH3 is 1. The van der Waals surface area contributed by atoms with Gasteiger partial charge in [0.05, 0.1) is 31.9 Å². The fourth-order valence-corrected chi connectivity index (χ4v) is 3.71. The first kappa shape index (κ1) is 22.9. The molecule has 0 bridgehead atoms. The van der Waals surface area contributed by atoms with Gasteiger partial charge in [-0.1, -0.05) is 0 Å². The van der Waals surface area contributed by atoms with Crippen molar-refractivity contribution < 1.29 is 41.7 Å². The number of alkyl halides is 3. The van der Waals surface area contributed by atoms with Gasteiger partial charge in [0, 0.05) is 11.3 Å². The molecule has 2 fully saturated rings. The summed E-state index contributed by atoms with van der Waals surface area (Å²) in [7, 11) is 1.54. The van der Waals surface area contributed by atoms with Crippen molar-refractivity contribution in [3.05, 3.63) is 59.7 Å². The highest BCUT2D eigenvalue weighted by Crippen LogP contribution is 2.31. The SMILES string of the molecule is COc1ccc(NC(=O)O[C@H]2CO[C@@H]3[C@@H]2OC[C@@H]3NC(=O)c2ccc(C(F)(F)F)cc2)cc1. The Bertz CT molecular complexity index is 997. The molecule has 8 nitrogen and oxygen atoms in total. The Morgan fingerprint density at radius 3 is 2.27 bits per heavy atom. The van der Waals surface area contributed by atoms with E-state index < -0.39 is 48.1 Å². The average molecular weight is 466 g/mol. The van der Waals surface area contributed by atoms with Gasteiger partial charge in [-0.15, -0.1) is 0 Å². The van der Waals surface area contributed by atoms with E-state index in [0.717, 1.165) is 24.3 Å². The molecule has 2 N–H and O–H groups in total. The van der Waals surface area contributed by atoms with E-state index in [4.69, 9.17) is 18.9 Å². The molecule has 2 aliphatic heterocycles. The van der Waals surface area contributed by atoms with Crippen LogP contribution >= 0.6 is 0 Å². The maximum absolute atomic E-state index is 12.7. The Morgan fingerprint density at radius 1 is 0.970 bits per heavy atom. The molecule has 4 atom stereocenters. The molecule has 0 spiro atoms. The summed E-state index contributed by atoms with van der Waals surface area (Å²) in [6, 6.07) is 10.1. The van der Waals surface area contributed by atoms with Crippen molar-refractivity contribution in [2.24, 2.45) is 0 Å². The first-order valence-corrected chi connectivity index (χ1v) is 10.1. The molecule has 2 saturated heterocycles. The summed E-state index contributed by atoms with van der Waals surface area (Å²) in [5.74, 6) is 0.0906. The lowest BCUT2D eigenvalue weighted by Gasteiger charge is -2.18. The van der Waals surface area contributed by atoms with Crippen LogP contribution in [-0.2, 0) is 20.4 Å². The minimum absolute atomic E-state index is 0.0797. The number of benzene rings is 2. The topological polar surface area (TPSA) is 95.1 Å². The fourth-order valence-electron chi connectivity index (χ4n) is 3.71. The van der Waals surface area contributed by atoms with Gasteiger partial charge in [0.2, 0.25) is 0 Å². The number of rotatable bonds is 5. The van der Waals surface area contributed by atoms with Crippen molar-refractivity contribution in [3.63, 3.8) is 0 Å². The minimum Gasteiger partial charge on any atom is -0.497 e. The van der Waals surface area contributed by atoms with Gasteiger partial charge in [-0.2, -0.15) is 13.2 Å². The highest BCUT2D eigenvalue weighted by atomic mass is 19.4. The monoisotopic (exact) mass is 466 g/mol. The van der Waals surface area contributed by atoms with E-state index in [0.29, 0.717) is 11.4 Å². The third kappa shape index (κ3) is 5.20. The average Bonchev–Trinajstić information content (AvgIpc) is 3.37.